The molecular weight excluding hydrogens is 268 g/mol. The fraction of sp³-hybridized carbons (Fsp3) is 0.462. The van der Waals surface area contributed by atoms with E-state index < -0.39 is 0 Å². The van der Waals surface area contributed by atoms with Gasteiger partial charge in [-0.2, -0.15) is 0 Å². The van der Waals surface area contributed by atoms with Crippen LogP contribution < -0.4 is 20.7 Å². The molecular formula is C13H19ClN2O3. The molecule has 1 rings (SSSR count). The fourth-order valence-corrected chi connectivity index (χ4v) is 1.77. The molecule has 0 aliphatic carbocycles. The molecule has 0 radical (unpaired) electrons. The first-order chi connectivity index (χ1) is 9.17. The lowest BCUT2D eigenvalue weighted by Crippen LogP contribution is -2.29. The smallest absolute Gasteiger partial charge is 0.233 e. The first kappa shape index (κ1) is 15.6. The Labute approximate surface area is 118 Å². The monoisotopic (exact) mass is 286 g/mol. The largest absolute Gasteiger partial charge is 0.497 e. The van der Waals surface area contributed by atoms with Crippen molar-refractivity contribution in [1.82, 2.24) is 5.43 Å². The van der Waals surface area contributed by atoms with Crippen LogP contribution in [0.5, 0.6) is 11.5 Å². The molecule has 6 heteroatoms. The summed E-state index contributed by atoms with van der Waals surface area (Å²) >= 11 is 6.04. The molecule has 0 atom stereocenters. The number of halogens is 1. The summed E-state index contributed by atoms with van der Waals surface area (Å²) in [5, 5.41) is 0.529. The zero-order valence-electron chi connectivity index (χ0n) is 10.9. The summed E-state index contributed by atoms with van der Waals surface area (Å²) in [7, 11) is 1.59. The van der Waals surface area contributed by atoms with E-state index in [1.165, 1.54) is 0 Å². The second-order valence-corrected chi connectivity index (χ2v) is 4.43. The Balaban J connectivity index is 2.21. The van der Waals surface area contributed by atoms with Gasteiger partial charge in [0.2, 0.25) is 5.91 Å². The highest BCUT2D eigenvalue weighted by atomic mass is 35.5. The summed E-state index contributed by atoms with van der Waals surface area (Å²) in [6, 6.07) is 5.29. The molecule has 3 N–H and O–H groups in total. The number of hydrogen-bond donors (Lipinski definition) is 2. The average Bonchev–Trinajstić information content (AvgIpc) is 2.43. The Hall–Kier alpha value is -1.46. The molecule has 0 saturated carbocycles. The van der Waals surface area contributed by atoms with E-state index in [9.17, 15) is 4.79 Å². The Morgan fingerprint density at radius 1 is 1.37 bits per heavy atom. The van der Waals surface area contributed by atoms with Crippen LogP contribution >= 0.6 is 11.6 Å². The van der Waals surface area contributed by atoms with Gasteiger partial charge in [-0.1, -0.05) is 11.6 Å². The highest BCUT2D eigenvalue weighted by molar-refractivity contribution is 6.32. The number of benzene rings is 1. The number of amides is 1. The maximum atomic E-state index is 10.9. The topological polar surface area (TPSA) is 73.6 Å². The molecule has 0 heterocycles. The highest BCUT2D eigenvalue weighted by Gasteiger charge is 2.03. The van der Waals surface area contributed by atoms with Crippen LogP contribution in [0.4, 0.5) is 0 Å². The number of nitrogens with one attached hydrogen (secondary N) is 1. The van der Waals surface area contributed by atoms with Crippen LogP contribution in [-0.4, -0.2) is 19.6 Å². The second-order valence-electron chi connectivity index (χ2n) is 4.02. The van der Waals surface area contributed by atoms with Crippen LogP contribution in [0.15, 0.2) is 18.2 Å². The molecule has 5 nitrogen and oxygen atoms in total. The second kappa shape index (κ2) is 8.61. The molecule has 0 saturated heterocycles. The number of unbranched alkanes of at least 4 members (excludes halogenated alkanes) is 2. The molecule has 19 heavy (non-hydrogen) atoms. The Bertz CT molecular complexity index is 413. The summed E-state index contributed by atoms with van der Waals surface area (Å²) in [4.78, 5) is 10.9. The third-order valence-electron chi connectivity index (χ3n) is 2.61. The van der Waals surface area contributed by atoms with Gasteiger partial charge in [0.15, 0.2) is 0 Å². The first-order valence-electron chi connectivity index (χ1n) is 6.13. The van der Waals surface area contributed by atoms with Crippen molar-refractivity contribution in [2.24, 2.45) is 5.84 Å². The van der Waals surface area contributed by atoms with E-state index in [2.05, 4.69) is 5.43 Å². The van der Waals surface area contributed by atoms with Crippen LogP contribution in [0.1, 0.15) is 25.7 Å². The minimum Gasteiger partial charge on any atom is -0.497 e. The van der Waals surface area contributed by atoms with Crippen LogP contribution in [0.3, 0.4) is 0 Å². The SMILES string of the molecule is COc1ccc(OCCCCCC(=O)NN)c(Cl)c1. The van der Waals surface area contributed by atoms with Crippen molar-refractivity contribution in [1.29, 1.82) is 0 Å². The molecule has 1 aromatic rings. The zero-order chi connectivity index (χ0) is 14.1. The van der Waals surface area contributed by atoms with Gasteiger partial charge in [0.25, 0.3) is 0 Å². The maximum absolute atomic E-state index is 10.9. The van der Waals surface area contributed by atoms with Crippen molar-refractivity contribution in [3.05, 3.63) is 23.2 Å². The van der Waals surface area contributed by atoms with Crippen LogP contribution in [0, 0.1) is 0 Å². The Morgan fingerprint density at radius 2 is 2.16 bits per heavy atom. The van der Waals surface area contributed by atoms with Crippen LogP contribution in [0.2, 0.25) is 5.02 Å². The summed E-state index contributed by atoms with van der Waals surface area (Å²) in [6.45, 7) is 0.566. The van der Waals surface area contributed by atoms with Gasteiger partial charge in [0.05, 0.1) is 18.7 Å². The van der Waals surface area contributed by atoms with Crippen LogP contribution in [-0.2, 0) is 4.79 Å². The minimum absolute atomic E-state index is 0.140. The molecule has 1 amide bonds. The van der Waals surface area contributed by atoms with Crippen molar-refractivity contribution >= 4 is 17.5 Å². The molecule has 0 bridgehead atoms. The van der Waals surface area contributed by atoms with Gasteiger partial charge in [0, 0.05) is 12.5 Å². The summed E-state index contributed by atoms with van der Waals surface area (Å²) < 4.78 is 10.6. The van der Waals surface area contributed by atoms with E-state index in [1.54, 1.807) is 25.3 Å². The predicted molar refractivity (Wildman–Crippen MR) is 74.3 cm³/mol. The molecule has 1 aromatic carbocycles. The molecule has 0 aliphatic rings. The minimum atomic E-state index is -0.140. The lowest BCUT2D eigenvalue weighted by Gasteiger charge is -2.09. The van der Waals surface area contributed by atoms with Gasteiger partial charge in [-0.05, 0) is 31.4 Å². The first-order valence-corrected chi connectivity index (χ1v) is 6.51. The normalized spacial score (nSPS) is 10.1. The number of carbonyl (C=O) groups is 1. The number of carbonyl (C=O) groups excluding carboxylic acids is 1. The van der Waals surface area contributed by atoms with Gasteiger partial charge in [0.1, 0.15) is 11.5 Å². The molecule has 0 unspecified atom stereocenters. The van der Waals surface area contributed by atoms with E-state index in [0.717, 1.165) is 19.3 Å². The molecule has 0 aliphatic heterocycles. The van der Waals surface area contributed by atoms with Gasteiger partial charge in [-0.25, -0.2) is 5.84 Å². The van der Waals surface area contributed by atoms with Gasteiger partial charge >= 0.3 is 0 Å². The fourth-order valence-electron chi connectivity index (χ4n) is 1.54. The molecule has 0 fully saturated rings. The van der Waals surface area contributed by atoms with Crippen molar-refractivity contribution in [3.8, 4) is 11.5 Å². The molecule has 106 valence electrons. The lowest BCUT2D eigenvalue weighted by molar-refractivity contribution is -0.121. The van der Waals surface area contributed by atoms with Gasteiger partial charge in [-0.15, -0.1) is 0 Å². The van der Waals surface area contributed by atoms with Gasteiger partial charge < -0.3 is 9.47 Å². The number of hydrogen-bond acceptors (Lipinski definition) is 4. The molecule has 0 spiro atoms. The third kappa shape index (κ3) is 5.81. The van der Waals surface area contributed by atoms with E-state index in [4.69, 9.17) is 26.9 Å². The maximum Gasteiger partial charge on any atom is 0.233 e. The average molecular weight is 287 g/mol. The summed E-state index contributed by atoms with van der Waals surface area (Å²) in [5.74, 6) is 6.18. The summed E-state index contributed by atoms with van der Waals surface area (Å²) in [5.41, 5.74) is 2.10. The predicted octanol–water partition coefficient (Wildman–Crippen LogP) is 2.28. The van der Waals surface area contributed by atoms with Crippen molar-refractivity contribution < 1.29 is 14.3 Å². The van der Waals surface area contributed by atoms with Gasteiger partial charge in [-0.3, -0.25) is 10.2 Å². The summed E-state index contributed by atoms with van der Waals surface area (Å²) in [6.07, 6.45) is 3.00. The number of ether oxygens (including phenoxy) is 2. The Kier molecular flexibility index (Phi) is 7.07. The highest BCUT2D eigenvalue weighted by Crippen LogP contribution is 2.28. The number of hydrazine groups is 1. The van der Waals surface area contributed by atoms with Crippen molar-refractivity contribution in [2.75, 3.05) is 13.7 Å². The number of rotatable bonds is 8. The number of methoxy groups -OCH3 is 1. The number of nitrogens with two attached hydrogens (primary N) is 1. The van der Waals surface area contributed by atoms with E-state index in [0.29, 0.717) is 29.5 Å². The van der Waals surface area contributed by atoms with Crippen LogP contribution in [0.25, 0.3) is 0 Å². The van der Waals surface area contributed by atoms with E-state index in [1.807, 2.05) is 0 Å². The van der Waals surface area contributed by atoms with Crippen molar-refractivity contribution in [2.45, 2.75) is 25.7 Å². The third-order valence-corrected chi connectivity index (χ3v) is 2.90. The van der Waals surface area contributed by atoms with Crippen molar-refractivity contribution in [3.63, 3.8) is 0 Å². The Morgan fingerprint density at radius 3 is 2.79 bits per heavy atom. The standard InChI is InChI=1S/C13H19ClN2O3/c1-18-10-6-7-12(11(14)9-10)19-8-4-2-3-5-13(17)16-15/h6-7,9H,2-5,8,15H2,1H3,(H,16,17). The molecule has 0 aromatic heterocycles. The van der Waals surface area contributed by atoms with E-state index in [-0.39, 0.29) is 5.91 Å². The zero-order valence-corrected chi connectivity index (χ0v) is 11.7. The van der Waals surface area contributed by atoms with E-state index >= 15 is 0 Å². The lowest BCUT2D eigenvalue weighted by atomic mass is 10.2. The quantitative estimate of drug-likeness (QED) is 0.333.